The third kappa shape index (κ3) is 2.18. The summed E-state index contributed by atoms with van der Waals surface area (Å²) in [5, 5.41) is 0.649. The fourth-order valence-electron chi connectivity index (χ4n) is 1.46. The molecule has 0 saturated carbocycles. The second kappa shape index (κ2) is 4.45. The molecule has 0 aliphatic carbocycles. The largest absolute Gasteiger partial charge is 0.288 e. The number of pyridine rings is 1. The lowest BCUT2D eigenvalue weighted by Gasteiger charge is -2.05. The quantitative estimate of drug-likeness (QED) is 0.798. The SMILES string of the molecule is CCCc1nccn1-c1ccc(Cl)cn1. The van der Waals surface area contributed by atoms with Gasteiger partial charge in [-0.05, 0) is 18.6 Å². The van der Waals surface area contributed by atoms with Crippen molar-refractivity contribution in [3.63, 3.8) is 0 Å². The average molecular weight is 222 g/mol. The molecule has 0 aromatic carbocycles. The monoisotopic (exact) mass is 221 g/mol. The molecule has 0 saturated heterocycles. The Hall–Kier alpha value is -1.35. The lowest BCUT2D eigenvalue weighted by molar-refractivity contribution is 0.798. The van der Waals surface area contributed by atoms with Crippen molar-refractivity contribution in [3.8, 4) is 5.82 Å². The highest BCUT2D eigenvalue weighted by atomic mass is 35.5. The Morgan fingerprint density at radius 3 is 2.87 bits per heavy atom. The van der Waals surface area contributed by atoms with E-state index in [0.717, 1.165) is 24.5 Å². The molecule has 2 heterocycles. The van der Waals surface area contributed by atoms with Crippen LogP contribution in [0.3, 0.4) is 0 Å². The summed E-state index contributed by atoms with van der Waals surface area (Å²) in [4.78, 5) is 8.55. The molecule has 0 radical (unpaired) electrons. The van der Waals surface area contributed by atoms with Gasteiger partial charge in [-0.2, -0.15) is 0 Å². The molecule has 0 unspecified atom stereocenters. The smallest absolute Gasteiger partial charge is 0.138 e. The van der Waals surface area contributed by atoms with Crippen molar-refractivity contribution < 1.29 is 0 Å². The van der Waals surface area contributed by atoms with E-state index in [1.807, 2.05) is 22.9 Å². The normalized spacial score (nSPS) is 10.5. The first-order valence-electron chi connectivity index (χ1n) is 4.95. The summed E-state index contributed by atoms with van der Waals surface area (Å²) >= 11 is 5.79. The molecule has 2 aromatic rings. The van der Waals surface area contributed by atoms with Crippen LogP contribution in [0.15, 0.2) is 30.7 Å². The number of aryl methyl sites for hydroxylation is 1. The molecule has 0 aliphatic heterocycles. The number of hydrogen-bond donors (Lipinski definition) is 0. The van der Waals surface area contributed by atoms with Gasteiger partial charge in [0.25, 0.3) is 0 Å². The third-order valence-electron chi connectivity index (χ3n) is 2.15. The fraction of sp³-hybridized carbons (Fsp3) is 0.273. The minimum atomic E-state index is 0.649. The van der Waals surface area contributed by atoms with Crippen molar-refractivity contribution in [2.75, 3.05) is 0 Å². The summed E-state index contributed by atoms with van der Waals surface area (Å²) < 4.78 is 1.99. The highest BCUT2D eigenvalue weighted by Gasteiger charge is 2.04. The lowest BCUT2D eigenvalue weighted by atomic mass is 10.3. The summed E-state index contributed by atoms with van der Waals surface area (Å²) in [6, 6.07) is 3.72. The van der Waals surface area contributed by atoms with E-state index in [2.05, 4.69) is 16.9 Å². The summed E-state index contributed by atoms with van der Waals surface area (Å²) in [6.45, 7) is 2.13. The summed E-state index contributed by atoms with van der Waals surface area (Å²) in [5.74, 6) is 1.90. The van der Waals surface area contributed by atoms with Gasteiger partial charge in [-0.3, -0.25) is 4.57 Å². The number of imidazole rings is 1. The molecule has 78 valence electrons. The second-order valence-corrected chi connectivity index (χ2v) is 3.73. The number of halogens is 1. The van der Waals surface area contributed by atoms with Crippen LogP contribution in [0.4, 0.5) is 0 Å². The molecule has 0 N–H and O–H groups in total. The Labute approximate surface area is 93.7 Å². The first kappa shape index (κ1) is 10.2. The molecule has 0 atom stereocenters. The summed E-state index contributed by atoms with van der Waals surface area (Å²) in [7, 11) is 0. The first-order chi connectivity index (χ1) is 7.31. The fourth-order valence-corrected chi connectivity index (χ4v) is 1.57. The second-order valence-electron chi connectivity index (χ2n) is 3.30. The molecule has 2 rings (SSSR count). The predicted octanol–water partition coefficient (Wildman–Crippen LogP) is 2.87. The predicted molar refractivity (Wildman–Crippen MR) is 60.4 cm³/mol. The third-order valence-corrected chi connectivity index (χ3v) is 2.37. The Morgan fingerprint density at radius 1 is 1.33 bits per heavy atom. The maximum atomic E-state index is 5.79. The van der Waals surface area contributed by atoms with E-state index < -0.39 is 0 Å². The highest BCUT2D eigenvalue weighted by molar-refractivity contribution is 6.30. The van der Waals surface area contributed by atoms with Crippen LogP contribution in [0.5, 0.6) is 0 Å². The molecule has 0 bridgehead atoms. The molecule has 0 amide bonds. The maximum Gasteiger partial charge on any atom is 0.138 e. The van der Waals surface area contributed by atoms with Gasteiger partial charge in [0.05, 0.1) is 5.02 Å². The van der Waals surface area contributed by atoms with E-state index in [-0.39, 0.29) is 0 Å². The van der Waals surface area contributed by atoms with Crippen molar-refractivity contribution in [1.29, 1.82) is 0 Å². The van der Waals surface area contributed by atoms with E-state index in [9.17, 15) is 0 Å². The van der Waals surface area contributed by atoms with E-state index in [1.165, 1.54) is 0 Å². The summed E-state index contributed by atoms with van der Waals surface area (Å²) in [6.07, 6.45) is 7.39. The highest BCUT2D eigenvalue weighted by Crippen LogP contribution is 2.12. The standard InChI is InChI=1S/C11H12ClN3/c1-2-3-10-13-6-7-15(10)11-5-4-9(12)8-14-11/h4-8H,2-3H2,1H3. The van der Waals surface area contributed by atoms with Crippen molar-refractivity contribution in [3.05, 3.63) is 41.6 Å². The lowest BCUT2D eigenvalue weighted by Crippen LogP contribution is -2.01. The van der Waals surface area contributed by atoms with E-state index >= 15 is 0 Å². The van der Waals surface area contributed by atoms with Gasteiger partial charge in [0.1, 0.15) is 11.6 Å². The molecular formula is C11H12ClN3. The molecule has 15 heavy (non-hydrogen) atoms. The van der Waals surface area contributed by atoms with Crippen molar-refractivity contribution in [2.24, 2.45) is 0 Å². The van der Waals surface area contributed by atoms with Gasteiger partial charge >= 0.3 is 0 Å². The zero-order chi connectivity index (χ0) is 10.7. The number of aromatic nitrogens is 3. The summed E-state index contributed by atoms with van der Waals surface area (Å²) in [5.41, 5.74) is 0. The maximum absolute atomic E-state index is 5.79. The minimum absolute atomic E-state index is 0.649. The van der Waals surface area contributed by atoms with E-state index in [0.29, 0.717) is 5.02 Å². The van der Waals surface area contributed by atoms with E-state index in [1.54, 1.807) is 12.4 Å². The Balaban J connectivity index is 2.36. The zero-order valence-electron chi connectivity index (χ0n) is 8.52. The topological polar surface area (TPSA) is 30.7 Å². The molecular weight excluding hydrogens is 210 g/mol. The molecule has 0 fully saturated rings. The first-order valence-corrected chi connectivity index (χ1v) is 5.33. The van der Waals surface area contributed by atoms with Crippen LogP contribution in [0.25, 0.3) is 5.82 Å². The molecule has 0 aliphatic rings. The van der Waals surface area contributed by atoms with E-state index in [4.69, 9.17) is 11.6 Å². The van der Waals surface area contributed by atoms with Gasteiger partial charge in [0, 0.05) is 25.0 Å². The Morgan fingerprint density at radius 2 is 2.20 bits per heavy atom. The van der Waals surface area contributed by atoms with Crippen molar-refractivity contribution >= 4 is 11.6 Å². The van der Waals surface area contributed by atoms with Crippen LogP contribution < -0.4 is 0 Å². The van der Waals surface area contributed by atoms with Gasteiger partial charge in [-0.15, -0.1) is 0 Å². The van der Waals surface area contributed by atoms with Crippen molar-refractivity contribution in [1.82, 2.24) is 14.5 Å². The van der Waals surface area contributed by atoms with Crippen LogP contribution in [-0.4, -0.2) is 14.5 Å². The Bertz CT molecular complexity index is 433. The van der Waals surface area contributed by atoms with Gasteiger partial charge < -0.3 is 0 Å². The zero-order valence-corrected chi connectivity index (χ0v) is 9.28. The van der Waals surface area contributed by atoms with Crippen molar-refractivity contribution in [2.45, 2.75) is 19.8 Å². The van der Waals surface area contributed by atoms with Crippen LogP contribution in [0.1, 0.15) is 19.2 Å². The van der Waals surface area contributed by atoms with Gasteiger partial charge in [0.2, 0.25) is 0 Å². The van der Waals surface area contributed by atoms with Crippen LogP contribution >= 0.6 is 11.6 Å². The van der Waals surface area contributed by atoms with Crippen LogP contribution in [0.2, 0.25) is 5.02 Å². The molecule has 2 aromatic heterocycles. The number of hydrogen-bond acceptors (Lipinski definition) is 2. The Kier molecular flexibility index (Phi) is 3.02. The van der Waals surface area contributed by atoms with Gasteiger partial charge in [-0.1, -0.05) is 18.5 Å². The average Bonchev–Trinajstić information content (AvgIpc) is 2.68. The number of nitrogens with zero attached hydrogens (tertiary/aromatic N) is 3. The van der Waals surface area contributed by atoms with Gasteiger partial charge in [0.15, 0.2) is 0 Å². The molecule has 0 spiro atoms. The van der Waals surface area contributed by atoms with Gasteiger partial charge in [-0.25, -0.2) is 9.97 Å². The molecule has 3 nitrogen and oxygen atoms in total. The minimum Gasteiger partial charge on any atom is -0.288 e. The number of rotatable bonds is 3. The molecule has 4 heteroatoms. The van der Waals surface area contributed by atoms with Crippen LogP contribution in [-0.2, 0) is 6.42 Å². The van der Waals surface area contributed by atoms with Crippen LogP contribution in [0, 0.1) is 0 Å².